The number of likely N-dealkylation sites (tertiary alicyclic amines) is 1. The van der Waals surface area contributed by atoms with E-state index in [1.54, 1.807) is 0 Å². The summed E-state index contributed by atoms with van der Waals surface area (Å²) in [7, 11) is 0. The van der Waals surface area contributed by atoms with Crippen molar-refractivity contribution < 1.29 is 9.90 Å². The van der Waals surface area contributed by atoms with Gasteiger partial charge in [0.25, 0.3) is 0 Å². The SMILES string of the molecule is Cc1cccc(C=C2CCN(C(=O)O)CC2)c1. The van der Waals surface area contributed by atoms with E-state index in [0.717, 1.165) is 12.8 Å². The fourth-order valence-corrected chi connectivity index (χ4v) is 2.13. The van der Waals surface area contributed by atoms with Gasteiger partial charge in [-0.3, -0.25) is 0 Å². The summed E-state index contributed by atoms with van der Waals surface area (Å²) >= 11 is 0. The van der Waals surface area contributed by atoms with Gasteiger partial charge in [-0.25, -0.2) is 4.79 Å². The normalized spacial score (nSPS) is 15.8. The Labute approximate surface area is 101 Å². The molecule has 1 aliphatic heterocycles. The van der Waals surface area contributed by atoms with E-state index in [4.69, 9.17) is 5.11 Å². The summed E-state index contributed by atoms with van der Waals surface area (Å²) in [6, 6.07) is 8.36. The molecule has 1 fully saturated rings. The van der Waals surface area contributed by atoms with Crippen molar-refractivity contribution in [2.24, 2.45) is 0 Å². The lowest BCUT2D eigenvalue weighted by Gasteiger charge is -2.25. The van der Waals surface area contributed by atoms with Gasteiger partial charge in [0.2, 0.25) is 0 Å². The lowest BCUT2D eigenvalue weighted by molar-refractivity contribution is 0.142. The van der Waals surface area contributed by atoms with Crippen LogP contribution in [0.5, 0.6) is 0 Å². The van der Waals surface area contributed by atoms with Gasteiger partial charge in [0.05, 0.1) is 0 Å². The first kappa shape index (κ1) is 11.7. The van der Waals surface area contributed by atoms with Crippen molar-refractivity contribution >= 4 is 12.2 Å². The molecule has 17 heavy (non-hydrogen) atoms. The first-order chi connectivity index (χ1) is 8.15. The Hall–Kier alpha value is -1.77. The second-order valence-electron chi connectivity index (χ2n) is 4.49. The van der Waals surface area contributed by atoms with E-state index in [1.807, 2.05) is 6.07 Å². The molecule has 3 heteroatoms. The quantitative estimate of drug-likeness (QED) is 0.806. The number of hydrogen-bond acceptors (Lipinski definition) is 1. The fourth-order valence-electron chi connectivity index (χ4n) is 2.13. The molecular formula is C14H17NO2. The summed E-state index contributed by atoms with van der Waals surface area (Å²) in [5.41, 5.74) is 3.80. The maximum absolute atomic E-state index is 10.8. The van der Waals surface area contributed by atoms with Crippen LogP contribution in [-0.4, -0.2) is 29.2 Å². The molecule has 1 aromatic rings. The molecule has 1 saturated heterocycles. The highest BCUT2D eigenvalue weighted by Crippen LogP contribution is 2.19. The number of benzene rings is 1. The number of piperidine rings is 1. The number of carboxylic acid groups (broad SMARTS) is 1. The van der Waals surface area contributed by atoms with E-state index < -0.39 is 6.09 Å². The van der Waals surface area contributed by atoms with Crippen LogP contribution in [0.1, 0.15) is 24.0 Å². The Bertz CT molecular complexity index is 441. The van der Waals surface area contributed by atoms with E-state index in [0.29, 0.717) is 13.1 Å². The topological polar surface area (TPSA) is 40.5 Å². The Kier molecular flexibility index (Phi) is 3.47. The zero-order valence-electron chi connectivity index (χ0n) is 10.0. The van der Waals surface area contributed by atoms with Crippen molar-refractivity contribution in [1.82, 2.24) is 4.90 Å². The number of rotatable bonds is 1. The van der Waals surface area contributed by atoms with Crippen LogP contribution in [0, 0.1) is 6.92 Å². The molecular weight excluding hydrogens is 214 g/mol. The molecule has 1 heterocycles. The van der Waals surface area contributed by atoms with Gasteiger partial charge in [-0.2, -0.15) is 0 Å². The lowest BCUT2D eigenvalue weighted by atomic mass is 10.0. The summed E-state index contributed by atoms with van der Waals surface area (Å²) in [6.07, 6.45) is 3.08. The Morgan fingerprint density at radius 2 is 2.06 bits per heavy atom. The zero-order valence-corrected chi connectivity index (χ0v) is 10.0. The predicted octanol–water partition coefficient (Wildman–Crippen LogP) is 3.15. The molecule has 0 aromatic heterocycles. The number of amides is 1. The number of nitrogens with zero attached hydrogens (tertiary/aromatic N) is 1. The van der Waals surface area contributed by atoms with Crippen molar-refractivity contribution in [3.8, 4) is 0 Å². The first-order valence-corrected chi connectivity index (χ1v) is 5.89. The van der Waals surface area contributed by atoms with Crippen molar-refractivity contribution in [3.05, 3.63) is 41.0 Å². The van der Waals surface area contributed by atoms with E-state index in [-0.39, 0.29) is 0 Å². The second-order valence-corrected chi connectivity index (χ2v) is 4.49. The molecule has 1 aromatic carbocycles. The van der Waals surface area contributed by atoms with Crippen LogP contribution >= 0.6 is 0 Å². The molecule has 0 atom stereocenters. The Morgan fingerprint density at radius 3 is 2.65 bits per heavy atom. The monoisotopic (exact) mass is 231 g/mol. The third-order valence-corrected chi connectivity index (χ3v) is 3.09. The van der Waals surface area contributed by atoms with E-state index in [1.165, 1.54) is 21.6 Å². The van der Waals surface area contributed by atoms with Crippen molar-refractivity contribution in [3.63, 3.8) is 0 Å². The molecule has 1 amide bonds. The van der Waals surface area contributed by atoms with Crippen LogP contribution in [-0.2, 0) is 0 Å². The first-order valence-electron chi connectivity index (χ1n) is 5.89. The van der Waals surface area contributed by atoms with E-state index in [2.05, 4.69) is 31.2 Å². The van der Waals surface area contributed by atoms with Gasteiger partial charge in [0.15, 0.2) is 0 Å². The van der Waals surface area contributed by atoms with Crippen molar-refractivity contribution in [2.75, 3.05) is 13.1 Å². The van der Waals surface area contributed by atoms with Crippen LogP contribution in [0.25, 0.3) is 6.08 Å². The molecule has 0 aliphatic carbocycles. The molecule has 1 N–H and O–H groups in total. The fraction of sp³-hybridized carbons (Fsp3) is 0.357. The molecule has 90 valence electrons. The number of aryl methyl sites for hydroxylation is 1. The average molecular weight is 231 g/mol. The molecule has 0 bridgehead atoms. The third kappa shape index (κ3) is 3.09. The number of carbonyl (C=O) groups is 1. The summed E-state index contributed by atoms with van der Waals surface area (Å²) < 4.78 is 0. The van der Waals surface area contributed by atoms with E-state index in [9.17, 15) is 4.79 Å². The van der Waals surface area contributed by atoms with Gasteiger partial charge in [-0.05, 0) is 25.3 Å². The summed E-state index contributed by atoms with van der Waals surface area (Å²) in [5.74, 6) is 0. The molecule has 0 unspecified atom stereocenters. The molecule has 0 spiro atoms. The summed E-state index contributed by atoms with van der Waals surface area (Å²) in [5, 5.41) is 8.86. The summed E-state index contributed by atoms with van der Waals surface area (Å²) in [4.78, 5) is 12.3. The second kappa shape index (κ2) is 5.04. The van der Waals surface area contributed by atoms with Crippen LogP contribution in [0.2, 0.25) is 0 Å². The van der Waals surface area contributed by atoms with Crippen LogP contribution in [0.4, 0.5) is 4.79 Å². The van der Waals surface area contributed by atoms with Gasteiger partial charge < -0.3 is 10.0 Å². The maximum atomic E-state index is 10.8. The maximum Gasteiger partial charge on any atom is 0.407 e. The van der Waals surface area contributed by atoms with E-state index >= 15 is 0 Å². The predicted molar refractivity (Wildman–Crippen MR) is 68.0 cm³/mol. The number of hydrogen-bond donors (Lipinski definition) is 1. The van der Waals surface area contributed by atoms with Crippen molar-refractivity contribution in [1.29, 1.82) is 0 Å². The molecule has 0 radical (unpaired) electrons. The van der Waals surface area contributed by atoms with Gasteiger partial charge >= 0.3 is 6.09 Å². The van der Waals surface area contributed by atoms with Gasteiger partial charge in [-0.1, -0.05) is 41.5 Å². The van der Waals surface area contributed by atoms with Crippen LogP contribution < -0.4 is 0 Å². The highest BCUT2D eigenvalue weighted by molar-refractivity contribution is 5.65. The summed E-state index contributed by atoms with van der Waals surface area (Å²) in [6.45, 7) is 3.31. The van der Waals surface area contributed by atoms with Gasteiger partial charge in [-0.15, -0.1) is 0 Å². The standard InChI is InChI=1S/C14H17NO2/c1-11-3-2-4-13(9-11)10-12-5-7-15(8-6-12)14(16)17/h2-4,9-10H,5-8H2,1H3,(H,16,17). The average Bonchev–Trinajstić information content (AvgIpc) is 2.29. The molecule has 3 nitrogen and oxygen atoms in total. The largest absolute Gasteiger partial charge is 0.465 e. The van der Waals surface area contributed by atoms with Crippen LogP contribution in [0.3, 0.4) is 0 Å². The molecule has 1 aliphatic rings. The Morgan fingerprint density at radius 1 is 1.35 bits per heavy atom. The Balaban J connectivity index is 2.03. The molecule has 0 saturated carbocycles. The minimum absolute atomic E-state index is 0.618. The minimum Gasteiger partial charge on any atom is -0.465 e. The third-order valence-electron chi connectivity index (χ3n) is 3.09. The lowest BCUT2D eigenvalue weighted by Crippen LogP contribution is -2.35. The van der Waals surface area contributed by atoms with Crippen LogP contribution in [0.15, 0.2) is 29.8 Å². The van der Waals surface area contributed by atoms with Gasteiger partial charge in [0, 0.05) is 13.1 Å². The highest BCUT2D eigenvalue weighted by Gasteiger charge is 2.17. The zero-order chi connectivity index (χ0) is 12.3. The highest BCUT2D eigenvalue weighted by atomic mass is 16.4. The smallest absolute Gasteiger partial charge is 0.407 e. The van der Waals surface area contributed by atoms with Gasteiger partial charge in [0.1, 0.15) is 0 Å². The van der Waals surface area contributed by atoms with Crippen molar-refractivity contribution in [2.45, 2.75) is 19.8 Å². The minimum atomic E-state index is -0.806. The molecule has 2 rings (SSSR count).